The third kappa shape index (κ3) is 4.36. The summed E-state index contributed by atoms with van der Waals surface area (Å²) >= 11 is 5.90. The number of hydrogen-bond acceptors (Lipinski definition) is 3. The van der Waals surface area contributed by atoms with Gasteiger partial charge in [-0.25, -0.2) is 8.42 Å². The minimum absolute atomic E-state index is 0.0257. The zero-order valence-corrected chi connectivity index (χ0v) is 10.8. The molecule has 0 heterocycles. The lowest BCUT2D eigenvalue weighted by molar-refractivity contribution is -0.138. The van der Waals surface area contributed by atoms with Crippen molar-refractivity contribution in [1.29, 1.82) is 0 Å². The van der Waals surface area contributed by atoms with Crippen molar-refractivity contribution in [2.24, 2.45) is 0 Å². The van der Waals surface area contributed by atoms with E-state index in [0.29, 0.717) is 10.6 Å². The minimum Gasteiger partial charge on any atom is -0.481 e. The molecule has 0 aromatic heterocycles. The van der Waals surface area contributed by atoms with Gasteiger partial charge in [-0.1, -0.05) is 29.8 Å². The van der Waals surface area contributed by atoms with Gasteiger partial charge in [-0.15, -0.1) is 0 Å². The molecule has 0 spiro atoms. The highest BCUT2D eigenvalue weighted by Gasteiger charge is 2.23. The number of carboxylic acid groups (broad SMARTS) is 1. The van der Waals surface area contributed by atoms with E-state index in [-0.39, 0.29) is 12.2 Å². The van der Waals surface area contributed by atoms with Gasteiger partial charge in [0.1, 0.15) is 9.84 Å². The van der Waals surface area contributed by atoms with Crippen molar-refractivity contribution < 1.29 is 18.3 Å². The molecule has 0 aliphatic heterocycles. The number of carboxylic acids is 1. The van der Waals surface area contributed by atoms with Gasteiger partial charge in [0.05, 0.1) is 11.7 Å². The molecular weight excluding hydrogens is 264 g/mol. The molecular formula is C11H13ClO4S. The number of carbonyl (C=O) groups is 1. The van der Waals surface area contributed by atoms with Crippen LogP contribution in [-0.2, 0) is 14.6 Å². The summed E-state index contributed by atoms with van der Waals surface area (Å²) in [6.45, 7) is 0. The number of benzene rings is 1. The van der Waals surface area contributed by atoms with Crippen LogP contribution in [0.15, 0.2) is 24.3 Å². The molecule has 0 radical (unpaired) electrons. The summed E-state index contributed by atoms with van der Waals surface area (Å²) in [6.07, 6.45) is 1.11. The van der Waals surface area contributed by atoms with Gasteiger partial charge in [-0.05, 0) is 18.1 Å². The van der Waals surface area contributed by atoms with E-state index in [4.69, 9.17) is 16.7 Å². The summed E-state index contributed by atoms with van der Waals surface area (Å²) in [5.41, 5.74) is 0.449. The molecule has 0 saturated heterocycles. The summed E-state index contributed by atoms with van der Waals surface area (Å²) in [5.74, 6) is -2.13. The van der Waals surface area contributed by atoms with Crippen LogP contribution in [0, 0.1) is 0 Å². The van der Waals surface area contributed by atoms with E-state index in [2.05, 4.69) is 0 Å². The molecule has 0 saturated carbocycles. The molecule has 4 nitrogen and oxygen atoms in total. The quantitative estimate of drug-likeness (QED) is 0.892. The van der Waals surface area contributed by atoms with Gasteiger partial charge in [0.2, 0.25) is 0 Å². The average molecular weight is 277 g/mol. The Labute approximate surface area is 105 Å². The third-order valence-electron chi connectivity index (χ3n) is 2.36. The number of rotatable bonds is 5. The summed E-state index contributed by atoms with van der Waals surface area (Å²) in [7, 11) is -3.18. The maximum absolute atomic E-state index is 11.1. The summed E-state index contributed by atoms with van der Waals surface area (Å²) in [6, 6.07) is 6.57. The van der Waals surface area contributed by atoms with Gasteiger partial charge < -0.3 is 5.11 Å². The first-order valence-corrected chi connectivity index (χ1v) is 7.40. The normalized spacial score (nSPS) is 13.3. The lowest BCUT2D eigenvalue weighted by Crippen LogP contribution is -2.16. The van der Waals surface area contributed by atoms with Crippen LogP contribution in [0.4, 0.5) is 0 Å². The first-order valence-electron chi connectivity index (χ1n) is 4.96. The number of halogens is 1. The van der Waals surface area contributed by atoms with Gasteiger partial charge in [0.25, 0.3) is 0 Å². The zero-order valence-electron chi connectivity index (χ0n) is 9.26. The third-order valence-corrected chi connectivity index (χ3v) is 3.68. The van der Waals surface area contributed by atoms with E-state index < -0.39 is 21.7 Å². The number of sulfone groups is 1. The molecule has 94 valence electrons. The lowest BCUT2D eigenvalue weighted by atomic mass is 9.97. The largest absolute Gasteiger partial charge is 0.481 e. The zero-order chi connectivity index (χ0) is 13.1. The second kappa shape index (κ2) is 5.51. The Balaban J connectivity index is 2.95. The number of hydrogen-bond donors (Lipinski definition) is 1. The van der Waals surface area contributed by atoms with Gasteiger partial charge in [0, 0.05) is 11.3 Å². The van der Waals surface area contributed by atoms with E-state index in [1.54, 1.807) is 24.3 Å². The van der Waals surface area contributed by atoms with Crippen LogP contribution in [0.5, 0.6) is 0 Å². The maximum atomic E-state index is 11.1. The monoisotopic (exact) mass is 276 g/mol. The molecule has 1 N–H and O–H groups in total. The molecule has 1 aromatic carbocycles. The Morgan fingerprint density at radius 2 is 2.00 bits per heavy atom. The summed E-state index contributed by atoms with van der Waals surface area (Å²) in [5, 5.41) is 9.44. The average Bonchev–Trinajstić information content (AvgIpc) is 2.18. The van der Waals surface area contributed by atoms with Crippen molar-refractivity contribution >= 4 is 27.4 Å². The first-order chi connectivity index (χ1) is 7.81. The van der Waals surface area contributed by atoms with Crippen LogP contribution in [0.2, 0.25) is 5.02 Å². The fraction of sp³-hybridized carbons (Fsp3) is 0.364. The first kappa shape index (κ1) is 14.0. The van der Waals surface area contributed by atoms with E-state index in [9.17, 15) is 13.2 Å². The Morgan fingerprint density at radius 3 is 2.47 bits per heavy atom. The van der Waals surface area contributed by atoms with Crippen molar-refractivity contribution in [3.05, 3.63) is 34.9 Å². The van der Waals surface area contributed by atoms with Gasteiger partial charge in [-0.3, -0.25) is 4.79 Å². The molecule has 1 atom stereocenters. The fourth-order valence-corrected chi connectivity index (χ4v) is 2.43. The molecule has 0 amide bonds. The molecule has 17 heavy (non-hydrogen) atoms. The molecule has 0 aliphatic rings. The van der Waals surface area contributed by atoms with Crippen LogP contribution < -0.4 is 0 Å². The smallest absolute Gasteiger partial charge is 0.311 e. The molecule has 0 bridgehead atoms. The van der Waals surface area contributed by atoms with Crippen molar-refractivity contribution in [3.63, 3.8) is 0 Å². The standard InChI is InChI=1S/C11H13ClO4S/c1-17(15,16)7-6-9(11(13)14)8-4-2-3-5-10(8)12/h2-5,9H,6-7H2,1H3,(H,13,14). The predicted octanol–water partition coefficient (Wildman–Crippen LogP) is 1.94. The van der Waals surface area contributed by atoms with Crippen LogP contribution in [0.3, 0.4) is 0 Å². The topological polar surface area (TPSA) is 71.4 Å². The molecule has 6 heteroatoms. The van der Waals surface area contributed by atoms with Crippen molar-refractivity contribution in [2.75, 3.05) is 12.0 Å². The van der Waals surface area contributed by atoms with Crippen molar-refractivity contribution in [2.45, 2.75) is 12.3 Å². The van der Waals surface area contributed by atoms with Crippen LogP contribution in [0.25, 0.3) is 0 Å². The van der Waals surface area contributed by atoms with Gasteiger partial charge >= 0.3 is 5.97 Å². The molecule has 1 rings (SSSR count). The summed E-state index contributed by atoms with van der Waals surface area (Å²) in [4.78, 5) is 11.1. The van der Waals surface area contributed by atoms with E-state index in [1.807, 2.05) is 0 Å². The highest BCUT2D eigenvalue weighted by molar-refractivity contribution is 7.90. The van der Waals surface area contributed by atoms with Crippen molar-refractivity contribution in [3.8, 4) is 0 Å². The molecule has 1 aromatic rings. The Kier molecular flexibility index (Phi) is 4.54. The van der Waals surface area contributed by atoms with Crippen LogP contribution in [0.1, 0.15) is 17.9 Å². The highest BCUT2D eigenvalue weighted by Crippen LogP contribution is 2.27. The van der Waals surface area contributed by atoms with E-state index in [0.717, 1.165) is 6.26 Å². The van der Waals surface area contributed by atoms with Gasteiger partial charge in [0.15, 0.2) is 0 Å². The van der Waals surface area contributed by atoms with Crippen LogP contribution >= 0.6 is 11.6 Å². The second-order valence-corrected chi connectivity index (χ2v) is 6.50. The summed E-state index contributed by atoms with van der Waals surface area (Å²) < 4.78 is 22.1. The molecule has 0 aliphatic carbocycles. The Morgan fingerprint density at radius 1 is 1.41 bits per heavy atom. The Hall–Kier alpha value is -1.07. The second-order valence-electron chi connectivity index (χ2n) is 3.83. The fourth-order valence-electron chi connectivity index (χ4n) is 1.50. The van der Waals surface area contributed by atoms with Gasteiger partial charge in [-0.2, -0.15) is 0 Å². The number of aliphatic carboxylic acids is 1. The maximum Gasteiger partial charge on any atom is 0.311 e. The van der Waals surface area contributed by atoms with E-state index >= 15 is 0 Å². The SMILES string of the molecule is CS(=O)(=O)CCC(C(=O)O)c1ccccc1Cl. The lowest BCUT2D eigenvalue weighted by Gasteiger charge is -2.13. The highest BCUT2D eigenvalue weighted by atomic mass is 35.5. The molecule has 0 fully saturated rings. The van der Waals surface area contributed by atoms with Crippen LogP contribution in [-0.4, -0.2) is 31.5 Å². The Bertz CT molecular complexity index is 510. The van der Waals surface area contributed by atoms with E-state index in [1.165, 1.54) is 0 Å². The predicted molar refractivity (Wildman–Crippen MR) is 66.2 cm³/mol. The molecule has 1 unspecified atom stereocenters. The minimum atomic E-state index is -3.18. The van der Waals surface area contributed by atoms with Crippen molar-refractivity contribution in [1.82, 2.24) is 0 Å².